The number of anilines is 2. The van der Waals surface area contributed by atoms with Crippen LogP contribution >= 0.6 is 11.6 Å². The molecule has 0 amide bonds. The number of rotatable bonds is 6. The molecule has 6 nitrogen and oxygen atoms in total. The van der Waals surface area contributed by atoms with Crippen molar-refractivity contribution in [2.24, 2.45) is 0 Å². The molecule has 20 heavy (non-hydrogen) atoms. The van der Waals surface area contributed by atoms with E-state index in [1.165, 1.54) is 6.33 Å². The van der Waals surface area contributed by atoms with Gasteiger partial charge < -0.3 is 15.2 Å². The Kier molecular flexibility index (Phi) is 4.79. The molecule has 0 saturated carbocycles. The minimum absolute atomic E-state index is 0.391. The van der Waals surface area contributed by atoms with E-state index in [0.717, 1.165) is 29.9 Å². The zero-order valence-electron chi connectivity index (χ0n) is 11.8. The van der Waals surface area contributed by atoms with Crippen LogP contribution in [0.4, 0.5) is 11.5 Å². The number of aryl methyl sites for hydroxylation is 2. The molecule has 2 aromatic rings. The van der Waals surface area contributed by atoms with Gasteiger partial charge in [0, 0.05) is 25.6 Å². The normalized spacial score (nSPS) is 10.6. The first-order valence-corrected chi connectivity index (χ1v) is 6.97. The summed E-state index contributed by atoms with van der Waals surface area (Å²) in [5, 5.41) is 10.7. The van der Waals surface area contributed by atoms with Gasteiger partial charge in [0.2, 0.25) is 0 Å². The van der Waals surface area contributed by atoms with E-state index in [4.69, 9.17) is 16.1 Å². The van der Waals surface area contributed by atoms with Crippen molar-refractivity contribution >= 4 is 23.1 Å². The van der Waals surface area contributed by atoms with Crippen LogP contribution in [0.3, 0.4) is 0 Å². The van der Waals surface area contributed by atoms with Crippen LogP contribution < -0.4 is 10.6 Å². The molecule has 0 unspecified atom stereocenters. The van der Waals surface area contributed by atoms with Gasteiger partial charge in [-0.3, -0.25) is 0 Å². The summed E-state index contributed by atoms with van der Waals surface area (Å²) in [7, 11) is 1.78. The van der Waals surface area contributed by atoms with E-state index in [1.807, 2.05) is 6.92 Å². The van der Waals surface area contributed by atoms with E-state index < -0.39 is 0 Å². The van der Waals surface area contributed by atoms with Gasteiger partial charge in [0.25, 0.3) is 0 Å². The van der Waals surface area contributed by atoms with E-state index in [0.29, 0.717) is 23.2 Å². The summed E-state index contributed by atoms with van der Waals surface area (Å²) in [6, 6.07) is 0. The molecular weight excluding hydrogens is 278 g/mol. The highest BCUT2D eigenvalue weighted by Gasteiger charge is 2.14. The summed E-state index contributed by atoms with van der Waals surface area (Å²) in [4.78, 5) is 8.14. The smallest absolute Gasteiger partial charge is 0.157 e. The number of hydrogen-bond acceptors (Lipinski definition) is 6. The van der Waals surface area contributed by atoms with Gasteiger partial charge in [0.15, 0.2) is 11.0 Å². The largest absolute Gasteiger partial charge is 0.383 e. The molecule has 0 aliphatic heterocycles. The van der Waals surface area contributed by atoms with Gasteiger partial charge in [-0.05, 0) is 6.42 Å². The number of hydrogen-bond donors (Lipinski definition) is 2. The average molecular weight is 296 g/mol. The second-order valence-electron chi connectivity index (χ2n) is 4.23. The van der Waals surface area contributed by atoms with Crippen LogP contribution in [0.2, 0.25) is 5.15 Å². The Labute approximate surface area is 122 Å². The maximum atomic E-state index is 6.02. The molecular formula is C13H18ClN5O. The molecule has 0 atom stereocenters. The predicted molar refractivity (Wildman–Crippen MR) is 79.2 cm³/mol. The fraction of sp³-hybridized carbons (Fsp3) is 0.462. The van der Waals surface area contributed by atoms with Crippen molar-refractivity contribution in [1.82, 2.24) is 15.1 Å². The van der Waals surface area contributed by atoms with Crippen molar-refractivity contribution in [3.8, 4) is 0 Å². The zero-order valence-corrected chi connectivity index (χ0v) is 12.6. The van der Waals surface area contributed by atoms with Gasteiger partial charge in [0.1, 0.15) is 17.8 Å². The molecule has 2 N–H and O–H groups in total. The highest BCUT2D eigenvalue weighted by atomic mass is 35.5. The van der Waals surface area contributed by atoms with E-state index in [-0.39, 0.29) is 0 Å². The summed E-state index contributed by atoms with van der Waals surface area (Å²) < 4.78 is 5.34. The fourth-order valence-electron chi connectivity index (χ4n) is 2.03. The lowest BCUT2D eigenvalue weighted by molar-refractivity contribution is 0.380. The van der Waals surface area contributed by atoms with Gasteiger partial charge in [-0.15, -0.1) is 0 Å². The second-order valence-corrected chi connectivity index (χ2v) is 4.59. The minimum Gasteiger partial charge on any atom is -0.383 e. The molecule has 0 aromatic carbocycles. The molecule has 0 aliphatic rings. The highest BCUT2D eigenvalue weighted by Crippen LogP contribution is 2.26. The van der Waals surface area contributed by atoms with Crippen LogP contribution in [0.15, 0.2) is 10.9 Å². The fourth-order valence-corrected chi connectivity index (χ4v) is 2.26. The number of halogens is 1. The Balaban J connectivity index is 2.21. The summed E-state index contributed by atoms with van der Waals surface area (Å²) in [6.45, 7) is 4.70. The topological polar surface area (TPSA) is 75.9 Å². The van der Waals surface area contributed by atoms with Crippen molar-refractivity contribution < 1.29 is 4.52 Å². The molecule has 0 radical (unpaired) electrons. The van der Waals surface area contributed by atoms with Crippen molar-refractivity contribution in [3.05, 3.63) is 28.5 Å². The predicted octanol–water partition coefficient (Wildman–Crippen LogP) is 2.90. The molecule has 0 spiro atoms. The Hall–Kier alpha value is -1.82. The maximum absolute atomic E-state index is 6.02. The zero-order chi connectivity index (χ0) is 14.5. The quantitative estimate of drug-likeness (QED) is 0.798. The van der Waals surface area contributed by atoms with Crippen molar-refractivity contribution in [2.45, 2.75) is 33.2 Å². The van der Waals surface area contributed by atoms with Crippen LogP contribution in [0.1, 0.15) is 30.9 Å². The monoisotopic (exact) mass is 295 g/mol. The van der Waals surface area contributed by atoms with E-state index >= 15 is 0 Å². The lowest BCUT2D eigenvalue weighted by atomic mass is 10.1. The molecule has 2 aromatic heterocycles. The van der Waals surface area contributed by atoms with Gasteiger partial charge in [0.05, 0.1) is 5.69 Å². The third kappa shape index (κ3) is 2.85. The molecule has 108 valence electrons. The SMILES string of the molecule is CCc1noc(CC)c1CNc1ncnc(Cl)c1NC. The van der Waals surface area contributed by atoms with Crippen molar-refractivity contribution in [2.75, 3.05) is 17.7 Å². The summed E-state index contributed by atoms with van der Waals surface area (Å²) in [5.41, 5.74) is 2.74. The van der Waals surface area contributed by atoms with Crippen LogP contribution in [-0.2, 0) is 19.4 Å². The first-order valence-electron chi connectivity index (χ1n) is 6.59. The second kappa shape index (κ2) is 6.56. The first-order chi connectivity index (χ1) is 9.71. The van der Waals surface area contributed by atoms with Gasteiger partial charge in [-0.1, -0.05) is 30.6 Å². The Morgan fingerprint density at radius 3 is 2.70 bits per heavy atom. The van der Waals surface area contributed by atoms with Gasteiger partial charge >= 0.3 is 0 Å². The van der Waals surface area contributed by atoms with Crippen LogP contribution in [0.5, 0.6) is 0 Å². The highest BCUT2D eigenvalue weighted by molar-refractivity contribution is 6.32. The molecule has 0 fully saturated rings. The Bertz CT molecular complexity index is 563. The standard InChI is InChI=1S/C13H18ClN5O/c1-4-9-8(10(5-2)20-19-9)6-16-13-11(15-3)12(14)17-7-18-13/h7,15H,4-6H2,1-3H3,(H,16,17,18). The molecule has 0 saturated heterocycles. The van der Waals surface area contributed by atoms with Crippen LogP contribution in [0.25, 0.3) is 0 Å². The molecule has 0 bridgehead atoms. The molecule has 7 heteroatoms. The minimum atomic E-state index is 0.391. The van der Waals surface area contributed by atoms with Gasteiger partial charge in [-0.25, -0.2) is 9.97 Å². The molecule has 0 aliphatic carbocycles. The van der Waals surface area contributed by atoms with Crippen LogP contribution in [-0.4, -0.2) is 22.2 Å². The Morgan fingerprint density at radius 2 is 2.05 bits per heavy atom. The average Bonchev–Trinajstić information content (AvgIpc) is 2.87. The van der Waals surface area contributed by atoms with E-state index in [1.54, 1.807) is 7.05 Å². The molecule has 2 heterocycles. The number of nitrogens with zero attached hydrogens (tertiary/aromatic N) is 3. The maximum Gasteiger partial charge on any atom is 0.157 e. The van der Waals surface area contributed by atoms with Crippen molar-refractivity contribution in [3.63, 3.8) is 0 Å². The summed E-state index contributed by atoms with van der Waals surface area (Å²) >= 11 is 6.02. The number of aromatic nitrogens is 3. The van der Waals surface area contributed by atoms with Gasteiger partial charge in [-0.2, -0.15) is 0 Å². The van der Waals surface area contributed by atoms with Crippen LogP contribution in [0, 0.1) is 0 Å². The Morgan fingerprint density at radius 1 is 1.25 bits per heavy atom. The number of nitrogens with one attached hydrogen (secondary N) is 2. The lowest BCUT2D eigenvalue weighted by Gasteiger charge is -2.11. The summed E-state index contributed by atoms with van der Waals surface area (Å²) in [5.74, 6) is 1.57. The van der Waals surface area contributed by atoms with E-state index in [2.05, 4.69) is 32.7 Å². The third-order valence-electron chi connectivity index (χ3n) is 3.09. The molecule has 2 rings (SSSR count). The van der Waals surface area contributed by atoms with Crippen molar-refractivity contribution in [1.29, 1.82) is 0 Å². The third-order valence-corrected chi connectivity index (χ3v) is 3.38. The van der Waals surface area contributed by atoms with E-state index in [9.17, 15) is 0 Å². The summed E-state index contributed by atoms with van der Waals surface area (Å²) in [6.07, 6.45) is 3.08. The first kappa shape index (κ1) is 14.6. The lowest BCUT2D eigenvalue weighted by Crippen LogP contribution is -2.08.